The SMILES string of the molecule is Cc1ccccc1N1C(C2CCCCC2)N2c3ccccc3C(C3CCCCC3)(C3CCCCC3)C2[C@@H]1C. The standard InChI is InChI=1S/C36H50N2/c1-26-16-12-14-24-32(26)37-27(2)34-36(29-19-8-4-9-20-29,30-21-10-5-11-22-30)31-23-13-15-25-33(31)38(34)35(37)28-17-6-3-7-18-28/h12-16,23-25,27-30,34-35H,3-11,17-22H2,1-2H3/t27-,34?,35?/m0/s1. The van der Waals surface area contributed by atoms with Crippen molar-refractivity contribution in [2.75, 3.05) is 9.80 Å². The molecule has 38 heavy (non-hydrogen) atoms. The van der Waals surface area contributed by atoms with E-state index in [-0.39, 0.29) is 0 Å². The number of hydrogen-bond acceptors (Lipinski definition) is 2. The fourth-order valence-corrected chi connectivity index (χ4v) is 10.6. The van der Waals surface area contributed by atoms with E-state index in [1.165, 1.54) is 108 Å². The Hall–Kier alpha value is -1.96. The van der Waals surface area contributed by atoms with Crippen LogP contribution in [0.25, 0.3) is 0 Å². The number of fused-ring (bicyclic) bond motifs is 3. The number of anilines is 2. The third-order valence-electron chi connectivity index (χ3n) is 11.9. The minimum Gasteiger partial charge on any atom is -0.346 e. The van der Waals surface area contributed by atoms with E-state index in [2.05, 4.69) is 72.2 Å². The molecule has 2 aromatic carbocycles. The van der Waals surface area contributed by atoms with Crippen molar-refractivity contribution in [2.24, 2.45) is 17.8 Å². The summed E-state index contributed by atoms with van der Waals surface area (Å²) in [6, 6.07) is 20.3. The third kappa shape index (κ3) is 3.71. The zero-order valence-corrected chi connectivity index (χ0v) is 24.1. The second-order valence-electron chi connectivity index (χ2n) is 13.7. The maximum Gasteiger partial charge on any atom is 0.105 e. The van der Waals surface area contributed by atoms with Gasteiger partial charge in [-0.2, -0.15) is 0 Å². The smallest absolute Gasteiger partial charge is 0.105 e. The summed E-state index contributed by atoms with van der Waals surface area (Å²) in [6.45, 7) is 4.99. The molecule has 204 valence electrons. The van der Waals surface area contributed by atoms with E-state index < -0.39 is 0 Å². The van der Waals surface area contributed by atoms with Crippen molar-refractivity contribution in [3.63, 3.8) is 0 Å². The van der Waals surface area contributed by atoms with E-state index >= 15 is 0 Å². The summed E-state index contributed by atoms with van der Waals surface area (Å²) in [7, 11) is 0. The van der Waals surface area contributed by atoms with Gasteiger partial charge in [0.1, 0.15) is 6.17 Å². The first-order valence-corrected chi connectivity index (χ1v) is 16.4. The van der Waals surface area contributed by atoms with Crippen LogP contribution in [0.2, 0.25) is 0 Å². The third-order valence-corrected chi connectivity index (χ3v) is 11.9. The van der Waals surface area contributed by atoms with Gasteiger partial charge in [0.05, 0.1) is 6.04 Å². The lowest BCUT2D eigenvalue weighted by atomic mass is 9.53. The Balaban J connectivity index is 1.45. The molecule has 4 fully saturated rings. The van der Waals surface area contributed by atoms with Gasteiger partial charge < -0.3 is 9.80 Å². The van der Waals surface area contributed by atoms with Crippen molar-refractivity contribution in [3.05, 3.63) is 59.7 Å². The molecule has 1 saturated heterocycles. The van der Waals surface area contributed by atoms with Crippen LogP contribution in [-0.2, 0) is 5.41 Å². The Labute approximate surface area is 232 Å². The van der Waals surface area contributed by atoms with Crippen molar-refractivity contribution in [3.8, 4) is 0 Å². The molecule has 2 unspecified atom stereocenters. The molecule has 3 atom stereocenters. The Morgan fingerprint density at radius 1 is 0.605 bits per heavy atom. The van der Waals surface area contributed by atoms with Crippen LogP contribution < -0.4 is 9.80 Å². The highest BCUT2D eigenvalue weighted by Crippen LogP contribution is 2.64. The number of benzene rings is 2. The number of nitrogens with zero attached hydrogens (tertiary/aromatic N) is 2. The molecule has 0 bridgehead atoms. The minimum absolute atomic E-state index is 0.307. The quantitative estimate of drug-likeness (QED) is 0.404. The molecule has 2 heteroatoms. The second-order valence-corrected chi connectivity index (χ2v) is 13.7. The molecule has 2 heterocycles. The molecule has 7 rings (SSSR count). The fraction of sp³-hybridized carbons (Fsp3) is 0.667. The van der Waals surface area contributed by atoms with Gasteiger partial charge in [-0.3, -0.25) is 0 Å². The topological polar surface area (TPSA) is 6.48 Å². The van der Waals surface area contributed by atoms with Gasteiger partial charge in [-0.1, -0.05) is 94.2 Å². The van der Waals surface area contributed by atoms with E-state index in [4.69, 9.17) is 0 Å². The van der Waals surface area contributed by atoms with Gasteiger partial charge in [0.2, 0.25) is 0 Å². The molecule has 2 aromatic rings. The van der Waals surface area contributed by atoms with Gasteiger partial charge >= 0.3 is 0 Å². The van der Waals surface area contributed by atoms with Crippen LogP contribution in [0.5, 0.6) is 0 Å². The lowest BCUT2D eigenvalue weighted by Crippen LogP contribution is -2.57. The van der Waals surface area contributed by atoms with E-state index in [9.17, 15) is 0 Å². The molecule has 2 nitrogen and oxygen atoms in total. The van der Waals surface area contributed by atoms with E-state index in [0.29, 0.717) is 23.7 Å². The van der Waals surface area contributed by atoms with Gasteiger partial charge in [-0.25, -0.2) is 0 Å². The summed E-state index contributed by atoms with van der Waals surface area (Å²) in [5.41, 5.74) is 6.65. The molecular weight excluding hydrogens is 460 g/mol. The number of hydrogen-bond donors (Lipinski definition) is 0. The summed E-state index contributed by atoms with van der Waals surface area (Å²) >= 11 is 0. The molecule has 0 amide bonds. The lowest BCUT2D eigenvalue weighted by Gasteiger charge is -2.52. The van der Waals surface area contributed by atoms with Crippen LogP contribution in [0, 0.1) is 24.7 Å². The first-order valence-electron chi connectivity index (χ1n) is 16.4. The summed E-state index contributed by atoms with van der Waals surface area (Å²) in [6.07, 6.45) is 22.0. The largest absolute Gasteiger partial charge is 0.346 e. The van der Waals surface area contributed by atoms with E-state index in [1.54, 1.807) is 11.3 Å². The number of rotatable bonds is 4. The van der Waals surface area contributed by atoms with Crippen molar-refractivity contribution in [1.29, 1.82) is 0 Å². The van der Waals surface area contributed by atoms with Crippen molar-refractivity contribution in [2.45, 2.75) is 134 Å². The second kappa shape index (κ2) is 10.2. The van der Waals surface area contributed by atoms with E-state index in [1.807, 2.05) is 0 Å². The van der Waals surface area contributed by atoms with Crippen LogP contribution in [0.3, 0.4) is 0 Å². The molecule has 2 aliphatic heterocycles. The van der Waals surface area contributed by atoms with Crippen molar-refractivity contribution < 1.29 is 0 Å². The van der Waals surface area contributed by atoms with Crippen LogP contribution in [0.4, 0.5) is 11.4 Å². The van der Waals surface area contributed by atoms with Gasteiger partial charge in [0.25, 0.3) is 0 Å². The number of para-hydroxylation sites is 2. The van der Waals surface area contributed by atoms with Gasteiger partial charge in [-0.15, -0.1) is 0 Å². The van der Waals surface area contributed by atoms with Crippen LogP contribution in [0.15, 0.2) is 48.5 Å². The minimum atomic E-state index is 0.307. The normalized spacial score (nSPS) is 30.4. The Morgan fingerprint density at radius 3 is 1.74 bits per heavy atom. The van der Waals surface area contributed by atoms with Crippen molar-refractivity contribution in [1.82, 2.24) is 0 Å². The Morgan fingerprint density at radius 2 is 1.13 bits per heavy atom. The predicted octanol–water partition coefficient (Wildman–Crippen LogP) is 9.40. The highest BCUT2D eigenvalue weighted by Gasteiger charge is 2.66. The molecule has 0 aromatic heterocycles. The monoisotopic (exact) mass is 510 g/mol. The number of aryl methyl sites for hydroxylation is 1. The predicted molar refractivity (Wildman–Crippen MR) is 161 cm³/mol. The highest BCUT2D eigenvalue weighted by atomic mass is 15.5. The first-order chi connectivity index (χ1) is 18.7. The van der Waals surface area contributed by atoms with Crippen LogP contribution in [0.1, 0.15) is 114 Å². The molecule has 3 aliphatic carbocycles. The maximum absolute atomic E-state index is 3.08. The summed E-state index contributed by atoms with van der Waals surface area (Å²) in [5, 5.41) is 0. The zero-order chi connectivity index (χ0) is 25.7. The Kier molecular flexibility index (Phi) is 6.73. The Bertz CT molecular complexity index is 1090. The molecule has 3 saturated carbocycles. The van der Waals surface area contributed by atoms with Crippen molar-refractivity contribution >= 4 is 11.4 Å². The van der Waals surface area contributed by atoms with Gasteiger partial charge in [-0.05, 0) is 93.4 Å². The average Bonchev–Trinajstić information content (AvgIpc) is 3.45. The zero-order valence-electron chi connectivity index (χ0n) is 24.1. The fourth-order valence-electron chi connectivity index (χ4n) is 10.6. The van der Waals surface area contributed by atoms with Gasteiger partial charge in [0, 0.05) is 22.8 Å². The maximum atomic E-state index is 3.08. The molecule has 0 radical (unpaired) electrons. The lowest BCUT2D eigenvalue weighted by molar-refractivity contribution is 0.0790. The molecular formula is C36H50N2. The first kappa shape index (κ1) is 25.0. The summed E-state index contributed by atoms with van der Waals surface area (Å²) in [4.78, 5) is 6.04. The van der Waals surface area contributed by atoms with E-state index in [0.717, 1.165) is 17.8 Å². The van der Waals surface area contributed by atoms with Crippen LogP contribution in [-0.4, -0.2) is 18.2 Å². The molecule has 0 spiro atoms. The average molecular weight is 511 g/mol. The molecule has 5 aliphatic rings. The highest BCUT2D eigenvalue weighted by molar-refractivity contribution is 5.72. The summed E-state index contributed by atoms with van der Waals surface area (Å²) in [5.74, 6) is 2.43. The summed E-state index contributed by atoms with van der Waals surface area (Å²) < 4.78 is 0. The van der Waals surface area contributed by atoms with Gasteiger partial charge in [0.15, 0.2) is 0 Å². The molecule has 0 N–H and O–H groups in total. The van der Waals surface area contributed by atoms with Crippen LogP contribution >= 0.6 is 0 Å².